The van der Waals surface area contributed by atoms with Crippen molar-refractivity contribution in [3.05, 3.63) is 88.6 Å². The molecule has 3 aromatic rings. The number of rotatable bonds is 6. The summed E-state index contributed by atoms with van der Waals surface area (Å²) in [5.41, 5.74) is 3.16. The number of nitrogens with zero attached hydrogens (tertiary/aromatic N) is 1. The lowest BCUT2D eigenvalue weighted by Crippen LogP contribution is -2.31. The molecule has 6 heteroatoms. The molecule has 0 saturated heterocycles. The van der Waals surface area contributed by atoms with E-state index in [0.717, 1.165) is 16.7 Å². The second-order valence-electron chi connectivity index (χ2n) is 6.37. The zero-order chi connectivity index (χ0) is 20.1. The first-order valence-corrected chi connectivity index (χ1v) is 9.13. The molecule has 3 rings (SSSR count). The third kappa shape index (κ3) is 4.56. The number of halogens is 1. The van der Waals surface area contributed by atoms with Crippen molar-refractivity contribution in [1.82, 2.24) is 10.3 Å². The minimum atomic E-state index is -0.994. The van der Waals surface area contributed by atoms with Crippen molar-refractivity contribution in [2.45, 2.75) is 19.4 Å². The summed E-state index contributed by atoms with van der Waals surface area (Å²) in [7, 11) is 0. The van der Waals surface area contributed by atoms with Crippen LogP contribution in [-0.2, 0) is 4.79 Å². The van der Waals surface area contributed by atoms with E-state index in [9.17, 15) is 14.7 Å². The molecular weight excluding hydrogens is 376 g/mol. The summed E-state index contributed by atoms with van der Waals surface area (Å²) in [6.07, 6.45) is -0.221. The third-order valence-corrected chi connectivity index (χ3v) is 4.71. The van der Waals surface area contributed by atoms with Gasteiger partial charge in [0.1, 0.15) is 5.69 Å². The number of aliphatic carboxylic acids is 1. The van der Waals surface area contributed by atoms with Gasteiger partial charge in [-0.3, -0.25) is 9.59 Å². The molecule has 1 heterocycles. The molecule has 0 spiro atoms. The molecule has 0 aliphatic heterocycles. The fraction of sp³-hybridized carbons (Fsp3) is 0.136. The summed E-state index contributed by atoms with van der Waals surface area (Å²) in [5, 5.41) is 12.6. The Morgan fingerprint density at radius 1 is 1.04 bits per heavy atom. The van der Waals surface area contributed by atoms with Gasteiger partial charge in [0.15, 0.2) is 0 Å². The lowest BCUT2D eigenvalue weighted by Gasteiger charge is -2.19. The molecule has 0 aliphatic rings. The van der Waals surface area contributed by atoms with Crippen molar-refractivity contribution in [1.29, 1.82) is 0 Å². The molecule has 2 N–H and O–H groups in total. The summed E-state index contributed by atoms with van der Waals surface area (Å²) in [6, 6.07) is 19.1. The molecule has 5 nitrogen and oxygen atoms in total. The maximum atomic E-state index is 12.8. The number of benzene rings is 2. The van der Waals surface area contributed by atoms with E-state index in [-0.39, 0.29) is 12.1 Å². The Labute approximate surface area is 168 Å². The number of nitrogens with one attached hydrogen (secondary N) is 1. The van der Waals surface area contributed by atoms with Crippen LogP contribution < -0.4 is 5.32 Å². The molecule has 0 fully saturated rings. The van der Waals surface area contributed by atoms with Gasteiger partial charge in [0.2, 0.25) is 0 Å². The number of pyridine rings is 1. The summed E-state index contributed by atoms with van der Waals surface area (Å²) in [6.45, 7) is 1.88. The van der Waals surface area contributed by atoms with Gasteiger partial charge in [-0.05, 0) is 36.2 Å². The van der Waals surface area contributed by atoms with E-state index in [0.29, 0.717) is 10.7 Å². The van der Waals surface area contributed by atoms with Crippen LogP contribution in [0.1, 0.15) is 34.1 Å². The predicted octanol–water partition coefficient (Wildman–Crippen LogP) is 4.66. The van der Waals surface area contributed by atoms with Crippen LogP contribution in [0, 0.1) is 6.92 Å². The number of carboxylic acid groups (broad SMARTS) is 1. The van der Waals surface area contributed by atoms with Crippen molar-refractivity contribution < 1.29 is 14.7 Å². The van der Waals surface area contributed by atoms with E-state index in [1.54, 1.807) is 24.3 Å². The maximum Gasteiger partial charge on any atom is 0.305 e. The topological polar surface area (TPSA) is 79.3 Å². The Morgan fingerprint density at radius 2 is 1.75 bits per heavy atom. The molecule has 1 aromatic heterocycles. The van der Waals surface area contributed by atoms with Gasteiger partial charge in [-0.1, -0.05) is 60.1 Å². The van der Waals surface area contributed by atoms with Crippen molar-refractivity contribution in [3.63, 3.8) is 0 Å². The summed E-state index contributed by atoms with van der Waals surface area (Å²) < 4.78 is 0. The zero-order valence-corrected chi connectivity index (χ0v) is 16.0. The maximum absolute atomic E-state index is 12.8. The summed E-state index contributed by atoms with van der Waals surface area (Å²) in [4.78, 5) is 28.5. The number of aryl methyl sites for hydroxylation is 1. The largest absolute Gasteiger partial charge is 0.481 e. The zero-order valence-electron chi connectivity index (χ0n) is 15.2. The second kappa shape index (κ2) is 8.67. The quantitative estimate of drug-likeness (QED) is 0.637. The Balaban J connectivity index is 1.88. The van der Waals surface area contributed by atoms with E-state index < -0.39 is 17.9 Å². The van der Waals surface area contributed by atoms with Crippen LogP contribution in [0.25, 0.3) is 11.3 Å². The lowest BCUT2D eigenvalue weighted by molar-refractivity contribution is -0.137. The highest BCUT2D eigenvalue weighted by molar-refractivity contribution is 6.33. The highest BCUT2D eigenvalue weighted by atomic mass is 35.5. The first-order valence-electron chi connectivity index (χ1n) is 8.76. The number of carboxylic acids is 1. The number of hydrogen-bond donors (Lipinski definition) is 2. The molecule has 142 valence electrons. The van der Waals surface area contributed by atoms with Crippen molar-refractivity contribution in [2.24, 2.45) is 0 Å². The average molecular weight is 395 g/mol. The Hall–Kier alpha value is -3.18. The van der Waals surface area contributed by atoms with Gasteiger partial charge in [-0.2, -0.15) is 0 Å². The standard InChI is InChI=1S/C22H19ClN2O3/c1-14-7-2-3-8-15(14)20(13-21(26)27)25-22(28)19-12-6-11-18(24-19)16-9-4-5-10-17(16)23/h2-12,20H,13H2,1H3,(H,25,28)(H,26,27)/t20-/m0/s1. The molecule has 2 aromatic carbocycles. The fourth-order valence-electron chi connectivity index (χ4n) is 3.00. The summed E-state index contributed by atoms with van der Waals surface area (Å²) >= 11 is 6.22. The highest BCUT2D eigenvalue weighted by Crippen LogP contribution is 2.26. The van der Waals surface area contributed by atoms with Gasteiger partial charge in [-0.25, -0.2) is 4.98 Å². The minimum absolute atomic E-state index is 0.196. The first kappa shape index (κ1) is 19.6. The number of carbonyl (C=O) groups excluding carboxylic acids is 1. The van der Waals surface area contributed by atoms with Gasteiger partial charge in [0.05, 0.1) is 18.2 Å². The van der Waals surface area contributed by atoms with E-state index in [1.807, 2.05) is 49.4 Å². The van der Waals surface area contributed by atoms with Gasteiger partial charge in [-0.15, -0.1) is 0 Å². The monoisotopic (exact) mass is 394 g/mol. The smallest absolute Gasteiger partial charge is 0.305 e. The molecule has 28 heavy (non-hydrogen) atoms. The second-order valence-corrected chi connectivity index (χ2v) is 6.78. The normalized spacial score (nSPS) is 11.6. The van der Waals surface area contributed by atoms with Crippen molar-refractivity contribution in [2.75, 3.05) is 0 Å². The minimum Gasteiger partial charge on any atom is -0.481 e. The van der Waals surface area contributed by atoms with Crippen LogP contribution in [0.4, 0.5) is 0 Å². The third-order valence-electron chi connectivity index (χ3n) is 4.38. The van der Waals surface area contributed by atoms with E-state index in [4.69, 9.17) is 11.6 Å². The highest BCUT2D eigenvalue weighted by Gasteiger charge is 2.21. The summed E-state index contributed by atoms with van der Waals surface area (Å²) in [5.74, 6) is -1.44. The Bertz CT molecular complexity index is 1020. The predicted molar refractivity (Wildman–Crippen MR) is 108 cm³/mol. The molecule has 0 saturated carbocycles. The van der Waals surface area contributed by atoms with Gasteiger partial charge < -0.3 is 10.4 Å². The van der Waals surface area contributed by atoms with E-state index >= 15 is 0 Å². The van der Waals surface area contributed by atoms with Gasteiger partial charge >= 0.3 is 5.97 Å². The average Bonchev–Trinajstić information content (AvgIpc) is 2.68. The van der Waals surface area contributed by atoms with Crippen LogP contribution in [-0.4, -0.2) is 22.0 Å². The van der Waals surface area contributed by atoms with Crippen LogP contribution in [0.3, 0.4) is 0 Å². The molecule has 1 amide bonds. The number of amides is 1. The molecule has 0 unspecified atom stereocenters. The molecule has 1 atom stereocenters. The van der Waals surface area contributed by atoms with Crippen LogP contribution in [0.5, 0.6) is 0 Å². The van der Waals surface area contributed by atoms with E-state index in [2.05, 4.69) is 10.3 Å². The van der Waals surface area contributed by atoms with Gasteiger partial charge in [0, 0.05) is 10.6 Å². The Kier molecular flexibility index (Phi) is 6.06. The Morgan fingerprint density at radius 3 is 2.46 bits per heavy atom. The van der Waals surface area contributed by atoms with Crippen molar-refractivity contribution >= 4 is 23.5 Å². The van der Waals surface area contributed by atoms with E-state index in [1.165, 1.54) is 0 Å². The lowest BCUT2D eigenvalue weighted by atomic mass is 9.98. The number of hydrogen-bond acceptors (Lipinski definition) is 3. The SMILES string of the molecule is Cc1ccccc1[C@H](CC(=O)O)NC(=O)c1cccc(-c2ccccc2Cl)n1. The number of aromatic nitrogens is 1. The molecule has 0 aliphatic carbocycles. The van der Waals surface area contributed by atoms with Crippen LogP contribution >= 0.6 is 11.6 Å². The molecule has 0 bridgehead atoms. The number of carbonyl (C=O) groups is 2. The van der Waals surface area contributed by atoms with Gasteiger partial charge in [0.25, 0.3) is 5.91 Å². The van der Waals surface area contributed by atoms with Crippen molar-refractivity contribution in [3.8, 4) is 11.3 Å². The van der Waals surface area contributed by atoms with Crippen LogP contribution in [0.15, 0.2) is 66.7 Å². The fourth-order valence-corrected chi connectivity index (χ4v) is 3.24. The molecule has 0 radical (unpaired) electrons. The first-order chi connectivity index (χ1) is 13.5. The van der Waals surface area contributed by atoms with Crippen LogP contribution in [0.2, 0.25) is 5.02 Å². The molecular formula is C22H19ClN2O3.